The molecule has 7 aromatic carbocycles. The van der Waals surface area contributed by atoms with E-state index in [1.54, 1.807) is 0 Å². The minimum Gasteiger partial charge on any atom is -0.464 e. The van der Waals surface area contributed by atoms with Crippen molar-refractivity contribution in [3.8, 4) is 33.4 Å². The zero-order valence-corrected chi connectivity index (χ0v) is 21.3. The van der Waals surface area contributed by atoms with Gasteiger partial charge in [-0.05, 0) is 66.7 Å². The highest BCUT2D eigenvalue weighted by molar-refractivity contribution is 6.25. The van der Waals surface area contributed by atoms with Crippen LogP contribution >= 0.6 is 0 Å². The van der Waals surface area contributed by atoms with E-state index in [1.807, 2.05) is 6.26 Å². The monoisotopic (exact) mass is 496 g/mol. The number of benzene rings is 7. The summed E-state index contributed by atoms with van der Waals surface area (Å²) in [6.45, 7) is 0. The molecule has 0 spiro atoms. The summed E-state index contributed by atoms with van der Waals surface area (Å²) in [5.41, 5.74) is 8.20. The molecule has 8 aromatic rings. The lowest BCUT2D eigenvalue weighted by Gasteiger charge is -2.18. The maximum atomic E-state index is 6.19. The van der Waals surface area contributed by atoms with E-state index in [2.05, 4.69) is 140 Å². The van der Waals surface area contributed by atoms with Crippen molar-refractivity contribution in [3.63, 3.8) is 0 Å². The third-order valence-electron chi connectivity index (χ3n) is 7.92. The number of furan rings is 1. The van der Waals surface area contributed by atoms with Crippen molar-refractivity contribution in [3.05, 3.63) is 146 Å². The van der Waals surface area contributed by atoms with Crippen LogP contribution in [0.1, 0.15) is 0 Å². The minimum absolute atomic E-state index is 0.913. The third-order valence-corrected chi connectivity index (χ3v) is 7.92. The summed E-state index contributed by atoms with van der Waals surface area (Å²) in [6.07, 6.45) is 1.95. The van der Waals surface area contributed by atoms with Gasteiger partial charge in [-0.15, -0.1) is 0 Å². The summed E-state index contributed by atoms with van der Waals surface area (Å²) in [4.78, 5) is 0. The van der Waals surface area contributed by atoms with Gasteiger partial charge in [0.05, 0.1) is 6.26 Å². The molecule has 1 nitrogen and oxygen atoms in total. The average Bonchev–Trinajstić information content (AvgIpc) is 3.44. The molecule has 0 unspecified atom stereocenters. The highest BCUT2D eigenvalue weighted by Gasteiger charge is 2.20. The van der Waals surface area contributed by atoms with Gasteiger partial charge in [0.1, 0.15) is 5.58 Å². The van der Waals surface area contributed by atoms with E-state index in [0.29, 0.717) is 0 Å². The lowest BCUT2D eigenvalue weighted by Crippen LogP contribution is -1.91. The van der Waals surface area contributed by atoms with Gasteiger partial charge in [0, 0.05) is 16.5 Å². The Labute approximate surface area is 226 Å². The van der Waals surface area contributed by atoms with E-state index in [-0.39, 0.29) is 0 Å². The van der Waals surface area contributed by atoms with Crippen molar-refractivity contribution in [2.75, 3.05) is 0 Å². The van der Waals surface area contributed by atoms with Gasteiger partial charge >= 0.3 is 0 Å². The second-order valence-electron chi connectivity index (χ2n) is 10.1. The lowest BCUT2D eigenvalue weighted by molar-refractivity contribution is 0.617. The first-order valence-electron chi connectivity index (χ1n) is 13.4. The van der Waals surface area contributed by atoms with Crippen molar-refractivity contribution in [2.24, 2.45) is 0 Å². The molecule has 0 aliphatic carbocycles. The molecular weight excluding hydrogens is 472 g/mol. The summed E-state index contributed by atoms with van der Waals surface area (Å²) in [5, 5.41) is 8.54. The van der Waals surface area contributed by atoms with E-state index < -0.39 is 0 Å². The number of rotatable bonds is 3. The van der Waals surface area contributed by atoms with Gasteiger partial charge in [0.15, 0.2) is 0 Å². The molecule has 0 fully saturated rings. The SMILES string of the molecule is c1ccc(-c2cccc(-c3c4ccccc4c(-c4coc5ccc6ccccc6c45)c4ccccc34)c2)cc1. The predicted octanol–water partition coefficient (Wildman–Crippen LogP) is 10.9. The van der Waals surface area contributed by atoms with E-state index in [9.17, 15) is 0 Å². The van der Waals surface area contributed by atoms with Gasteiger partial charge in [0.2, 0.25) is 0 Å². The summed E-state index contributed by atoms with van der Waals surface area (Å²) in [5.74, 6) is 0. The van der Waals surface area contributed by atoms with Crippen LogP contribution in [0, 0.1) is 0 Å². The molecular formula is C38H24O. The van der Waals surface area contributed by atoms with Crippen LogP contribution in [0.2, 0.25) is 0 Å². The fourth-order valence-corrected chi connectivity index (χ4v) is 6.21. The fraction of sp³-hybridized carbons (Fsp3) is 0. The van der Waals surface area contributed by atoms with Crippen LogP contribution in [-0.4, -0.2) is 0 Å². The molecule has 0 amide bonds. The molecule has 0 aliphatic rings. The van der Waals surface area contributed by atoms with Gasteiger partial charge in [-0.1, -0.05) is 127 Å². The molecule has 1 aromatic heterocycles. The van der Waals surface area contributed by atoms with Crippen LogP contribution in [0.3, 0.4) is 0 Å². The molecule has 0 radical (unpaired) electrons. The average molecular weight is 497 g/mol. The number of fused-ring (bicyclic) bond motifs is 5. The zero-order chi connectivity index (χ0) is 25.8. The maximum Gasteiger partial charge on any atom is 0.135 e. The van der Waals surface area contributed by atoms with Crippen LogP contribution < -0.4 is 0 Å². The minimum atomic E-state index is 0.913. The van der Waals surface area contributed by atoms with Crippen LogP contribution in [0.5, 0.6) is 0 Å². The Morgan fingerprint density at radius 2 is 0.949 bits per heavy atom. The summed E-state index contributed by atoms with van der Waals surface area (Å²) < 4.78 is 6.19. The smallest absolute Gasteiger partial charge is 0.135 e. The molecule has 0 saturated heterocycles. The molecule has 0 aliphatic heterocycles. The van der Waals surface area contributed by atoms with Gasteiger partial charge in [-0.25, -0.2) is 0 Å². The summed E-state index contributed by atoms with van der Waals surface area (Å²) in [6, 6.07) is 50.0. The van der Waals surface area contributed by atoms with Crippen molar-refractivity contribution < 1.29 is 4.42 Å². The van der Waals surface area contributed by atoms with Crippen molar-refractivity contribution in [1.29, 1.82) is 0 Å². The van der Waals surface area contributed by atoms with Gasteiger partial charge in [-0.2, -0.15) is 0 Å². The maximum absolute atomic E-state index is 6.19. The normalized spacial score (nSPS) is 11.6. The summed E-state index contributed by atoms with van der Waals surface area (Å²) in [7, 11) is 0. The van der Waals surface area contributed by atoms with Crippen LogP contribution in [0.25, 0.3) is 76.7 Å². The van der Waals surface area contributed by atoms with Crippen molar-refractivity contribution >= 4 is 43.3 Å². The van der Waals surface area contributed by atoms with E-state index in [4.69, 9.17) is 4.42 Å². The van der Waals surface area contributed by atoms with E-state index in [0.717, 1.165) is 11.1 Å². The first kappa shape index (κ1) is 21.9. The molecule has 0 bridgehead atoms. The Balaban J connectivity index is 1.49. The van der Waals surface area contributed by atoms with Gasteiger partial charge in [0.25, 0.3) is 0 Å². The number of hydrogen-bond donors (Lipinski definition) is 0. The van der Waals surface area contributed by atoms with Crippen LogP contribution in [0.4, 0.5) is 0 Å². The Hall–Kier alpha value is -5.14. The quantitative estimate of drug-likeness (QED) is 0.222. The molecule has 0 atom stereocenters. The Morgan fingerprint density at radius 3 is 1.67 bits per heavy atom. The molecule has 39 heavy (non-hydrogen) atoms. The molecule has 182 valence electrons. The topological polar surface area (TPSA) is 13.1 Å². The molecule has 8 rings (SSSR count). The number of hydrogen-bond acceptors (Lipinski definition) is 1. The second-order valence-corrected chi connectivity index (χ2v) is 10.1. The molecule has 1 heteroatoms. The van der Waals surface area contributed by atoms with Crippen LogP contribution in [0.15, 0.2) is 150 Å². The highest BCUT2D eigenvalue weighted by Crippen LogP contribution is 2.47. The molecule has 1 heterocycles. The fourth-order valence-electron chi connectivity index (χ4n) is 6.21. The van der Waals surface area contributed by atoms with Crippen LogP contribution in [-0.2, 0) is 0 Å². The molecule has 0 saturated carbocycles. The molecule has 0 N–H and O–H groups in total. The highest BCUT2D eigenvalue weighted by atomic mass is 16.3. The van der Waals surface area contributed by atoms with E-state index in [1.165, 1.54) is 65.5 Å². The van der Waals surface area contributed by atoms with Gasteiger partial charge in [-0.3, -0.25) is 0 Å². The zero-order valence-electron chi connectivity index (χ0n) is 21.3. The predicted molar refractivity (Wildman–Crippen MR) is 165 cm³/mol. The standard InChI is InChI=1S/C38H24O/c1-2-11-25(12-3-1)27-14-10-15-28(23-27)36-30-17-6-8-19-32(30)37(33-20-9-7-18-31(33)36)34-24-39-35-22-21-26-13-4-5-16-29(26)38(34)35/h1-24H. The first-order chi connectivity index (χ1) is 19.4. The largest absolute Gasteiger partial charge is 0.464 e. The first-order valence-corrected chi connectivity index (χ1v) is 13.4. The van der Waals surface area contributed by atoms with Crippen molar-refractivity contribution in [1.82, 2.24) is 0 Å². The Morgan fingerprint density at radius 1 is 0.385 bits per heavy atom. The van der Waals surface area contributed by atoms with E-state index >= 15 is 0 Å². The summed E-state index contributed by atoms with van der Waals surface area (Å²) >= 11 is 0. The van der Waals surface area contributed by atoms with Gasteiger partial charge < -0.3 is 4.42 Å². The third kappa shape index (κ3) is 3.41. The lowest BCUT2D eigenvalue weighted by atomic mass is 9.85. The second kappa shape index (κ2) is 8.72. The Bertz CT molecular complexity index is 2110. The van der Waals surface area contributed by atoms with Crippen molar-refractivity contribution in [2.45, 2.75) is 0 Å². The Kier molecular flexibility index (Phi) is 4.89.